The maximum absolute atomic E-state index is 6.19. The zero-order valence-electron chi connectivity index (χ0n) is 19.7. The fourth-order valence-electron chi connectivity index (χ4n) is 6.14. The summed E-state index contributed by atoms with van der Waals surface area (Å²) in [6, 6.07) is 40.7. The summed E-state index contributed by atoms with van der Waals surface area (Å²) in [6.07, 6.45) is 0. The Kier molecular flexibility index (Phi) is 3.53. The van der Waals surface area contributed by atoms with Gasteiger partial charge in [0.15, 0.2) is 0 Å². The molecule has 0 fully saturated rings. The molecule has 6 aromatic carbocycles. The SMILES string of the molecule is c1ccc2c(c1)oc1ccc(-n3c4ccccc4c4cc5c(ccc6oc7ccccc7c65)cc43)cc12. The van der Waals surface area contributed by atoms with E-state index < -0.39 is 0 Å². The lowest BCUT2D eigenvalue weighted by Crippen LogP contribution is -1.93. The van der Waals surface area contributed by atoms with Crippen LogP contribution >= 0.6 is 0 Å². The Morgan fingerprint density at radius 1 is 0.405 bits per heavy atom. The van der Waals surface area contributed by atoms with Crippen molar-refractivity contribution in [2.45, 2.75) is 0 Å². The smallest absolute Gasteiger partial charge is 0.136 e. The molecule has 9 rings (SSSR count). The highest BCUT2D eigenvalue weighted by molar-refractivity contribution is 6.23. The summed E-state index contributed by atoms with van der Waals surface area (Å²) in [7, 11) is 0. The van der Waals surface area contributed by atoms with Crippen molar-refractivity contribution >= 4 is 76.5 Å². The molecule has 0 radical (unpaired) electrons. The molecule has 37 heavy (non-hydrogen) atoms. The Hall–Kier alpha value is -5.02. The molecule has 0 bridgehead atoms. The summed E-state index contributed by atoms with van der Waals surface area (Å²) < 4.78 is 14.7. The third-order valence-electron chi connectivity index (χ3n) is 7.77. The molecule has 0 N–H and O–H groups in total. The molecule has 0 spiro atoms. The molecule has 172 valence electrons. The van der Waals surface area contributed by atoms with Crippen molar-refractivity contribution in [3.05, 3.63) is 115 Å². The molecular formula is C34H19NO2. The second kappa shape index (κ2) is 6.80. The number of fused-ring (bicyclic) bond motifs is 11. The minimum Gasteiger partial charge on any atom is -0.456 e. The van der Waals surface area contributed by atoms with Crippen LogP contribution in [0.25, 0.3) is 82.1 Å². The third kappa shape index (κ3) is 2.50. The van der Waals surface area contributed by atoms with Crippen LogP contribution in [-0.4, -0.2) is 4.57 Å². The van der Waals surface area contributed by atoms with Crippen molar-refractivity contribution in [3.8, 4) is 5.69 Å². The van der Waals surface area contributed by atoms with Gasteiger partial charge in [-0.1, -0.05) is 60.7 Å². The molecule has 3 heteroatoms. The third-order valence-corrected chi connectivity index (χ3v) is 7.77. The molecule has 0 amide bonds. The topological polar surface area (TPSA) is 31.2 Å². The van der Waals surface area contributed by atoms with E-state index in [0.29, 0.717) is 0 Å². The van der Waals surface area contributed by atoms with Gasteiger partial charge in [0.05, 0.1) is 11.0 Å². The number of rotatable bonds is 1. The average Bonchev–Trinajstić information content (AvgIpc) is 3.61. The van der Waals surface area contributed by atoms with E-state index in [1.165, 1.54) is 38.0 Å². The van der Waals surface area contributed by atoms with Gasteiger partial charge >= 0.3 is 0 Å². The molecule has 3 nitrogen and oxygen atoms in total. The lowest BCUT2D eigenvalue weighted by atomic mass is 10.0. The second-order valence-electron chi connectivity index (χ2n) is 9.76. The summed E-state index contributed by atoms with van der Waals surface area (Å²) in [5.74, 6) is 0. The van der Waals surface area contributed by atoms with Crippen molar-refractivity contribution in [2.75, 3.05) is 0 Å². The van der Waals surface area contributed by atoms with Crippen molar-refractivity contribution in [1.29, 1.82) is 0 Å². The Labute approximate surface area is 210 Å². The summed E-state index contributed by atoms with van der Waals surface area (Å²) >= 11 is 0. The number of furan rings is 2. The first kappa shape index (κ1) is 19.2. The first-order valence-electron chi connectivity index (χ1n) is 12.5. The largest absolute Gasteiger partial charge is 0.456 e. The van der Waals surface area contributed by atoms with E-state index in [2.05, 4.69) is 95.6 Å². The Morgan fingerprint density at radius 2 is 1.08 bits per heavy atom. The molecule has 0 aliphatic rings. The van der Waals surface area contributed by atoms with Gasteiger partial charge in [0.25, 0.3) is 0 Å². The second-order valence-corrected chi connectivity index (χ2v) is 9.76. The molecule has 3 aromatic heterocycles. The van der Waals surface area contributed by atoms with Gasteiger partial charge in [-0.05, 0) is 65.4 Å². The van der Waals surface area contributed by atoms with Crippen LogP contribution in [0.4, 0.5) is 0 Å². The van der Waals surface area contributed by atoms with Gasteiger partial charge in [-0.25, -0.2) is 0 Å². The van der Waals surface area contributed by atoms with Crippen molar-refractivity contribution < 1.29 is 8.83 Å². The van der Waals surface area contributed by atoms with E-state index in [4.69, 9.17) is 8.83 Å². The molecule has 0 unspecified atom stereocenters. The standard InChI is InChI=1S/C34H19NO2/c1-4-10-28-22(7-1)26-19-25-20(13-15-33-34(25)24-9-3-6-12-31(24)37-33)17-29(26)35(28)21-14-16-32-27(18-21)23-8-2-5-11-30(23)36-32/h1-19H. The Bertz CT molecular complexity index is 2360. The molecule has 0 saturated carbocycles. The maximum atomic E-state index is 6.19. The summed E-state index contributed by atoms with van der Waals surface area (Å²) in [6.45, 7) is 0. The van der Waals surface area contributed by atoms with Gasteiger partial charge in [-0.2, -0.15) is 0 Å². The highest BCUT2D eigenvalue weighted by Crippen LogP contribution is 2.40. The van der Waals surface area contributed by atoms with Gasteiger partial charge in [-0.3, -0.25) is 0 Å². The number of hydrogen-bond acceptors (Lipinski definition) is 2. The molecule has 9 aromatic rings. The summed E-state index contributed by atoms with van der Waals surface area (Å²) in [5, 5.41) is 9.49. The lowest BCUT2D eigenvalue weighted by Gasteiger charge is -2.09. The number of nitrogens with zero attached hydrogens (tertiary/aromatic N) is 1. The van der Waals surface area contributed by atoms with Gasteiger partial charge < -0.3 is 13.4 Å². The minimum atomic E-state index is 0.908. The number of aromatic nitrogens is 1. The molecule has 0 atom stereocenters. The van der Waals surface area contributed by atoms with Crippen LogP contribution < -0.4 is 0 Å². The van der Waals surface area contributed by atoms with Gasteiger partial charge in [0, 0.05) is 38.0 Å². The monoisotopic (exact) mass is 473 g/mol. The predicted molar refractivity (Wildman–Crippen MR) is 153 cm³/mol. The van der Waals surface area contributed by atoms with Crippen LogP contribution in [0.5, 0.6) is 0 Å². The highest BCUT2D eigenvalue weighted by atomic mass is 16.3. The molecule has 0 aliphatic heterocycles. The predicted octanol–water partition coefficient (Wildman–Crippen LogP) is 9.74. The summed E-state index contributed by atoms with van der Waals surface area (Å²) in [5.41, 5.74) is 7.17. The fourth-order valence-corrected chi connectivity index (χ4v) is 6.14. The van der Waals surface area contributed by atoms with Gasteiger partial charge in [-0.15, -0.1) is 0 Å². The lowest BCUT2D eigenvalue weighted by molar-refractivity contribution is 0.668. The first-order valence-corrected chi connectivity index (χ1v) is 12.5. The van der Waals surface area contributed by atoms with Crippen LogP contribution in [0, 0.1) is 0 Å². The van der Waals surface area contributed by atoms with E-state index in [1.54, 1.807) is 0 Å². The number of para-hydroxylation sites is 3. The average molecular weight is 474 g/mol. The fraction of sp³-hybridized carbons (Fsp3) is 0. The zero-order chi connectivity index (χ0) is 24.1. The van der Waals surface area contributed by atoms with Crippen molar-refractivity contribution in [1.82, 2.24) is 4.57 Å². The van der Waals surface area contributed by atoms with Crippen LogP contribution in [0.1, 0.15) is 0 Å². The van der Waals surface area contributed by atoms with Crippen LogP contribution in [0.3, 0.4) is 0 Å². The van der Waals surface area contributed by atoms with E-state index in [-0.39, 0.29) is 0 Å². The van der Waals surface area contributed by atoms with Crippen molar-refractivity contribution in [2.24, 2.45) is 0 Å². The van der Waals surface area contributed by atoms with Crippen molar-refractivity contribution in [3.63, 3.8) is 0 Å². The molecular weight excluding hydrogens is 454 g/mol. The van der Waals surface area contributed by atoms with Gasteiger partial charge in [0.1, 0.15) is 22.3 Å². The van der Waals surface area contributed by atoms with E-state index in [0.717, 1.165) is 44.2 Å². The molecule has 0 saturated heterocycles. The number of benzene rings is 6. The maximum Gasteiger partial charge on any atom is 0.136 e. The zero-order valence-corrected chi connectivity index (χ0v) is 19.7. The van der Waals surface area contributed by atoms with Crippen LogP contribution in [0.2, 0.25) is 0 Å². The normalized spacial score (nSPS) is 12.3. The first-order chi connectivity index (χ1) is 18.3. The Morgan fingerprint density at radius 3 is 1.97 bits per heavy atom. The van der Waals surface area contributed by atoms with Crippen LogP contribution in [-0.2, 0) is 0 Å². The quantitative estimate of drug-likeness (QED) is 0.238. The van der Waals surface area contributed by atoms with Gasteiger partial charge in [0.2, 0.25) is 0 Å². The summed E-state index contributed by atoms with van der Waals surface area (Å²) in [4.78, 5) is 0. The van der Waals surface area contributed by atoms with Crippen LogP contribution in [0.15, 0.2) is 124 Å². The highest BCUT2D eigenvalue weighted by Gasteiger charge is 2.17. The van der Waals surface area contributed by atoms with E-state index in [1.807, 2.05) is 24.3 Å². The molecule has 0 aliphatic carbocycles. The Balaban J connectivity index is 1.42. The molecule has 3 heterocycles. The minimum absolute atomic E-state index is 0.908. The van der Waals surface area contributed by atoms with E-state index >= 15 is 0 Å². The number of hydrogen-bond donors (Lipinski definition) is 0. The van der Waals surface area contributed by atoms with E-state index in [9.17, 15) is 0 Å².